The van der Waals surface area contributed by atoms with Crippen LogP contribution in [0.1, 0.15) is 42.9 Å². The average molecular weight is 257 g/mol. The topological polar surface area (TPSA) is 0 Å². The Morgan fingerprint density at radius 2 is 1.61 bits per heavy atom. The van der Waals surface area contributed by atoms with Gasteiger partial charge in [0.05, 0.1) is 0 Å². The molecule has 0 aromatic heterocycles. The molecule has 1 heteroatoms. The van der Waals surface area contributed by atoms with E-state index in [1.807, 2.05) is 12.1 Å². The summed E-state index contributed by atoms with van der Waals surface area (Å²) >= 11 is 6.41. The molecule has 0 nitrogen and oxygen atoms in total. The third kappa shape index (κ3) is 1.59. The monoisotopic (exact) mass is 256 g/mol. The van der Waals surface area contributed by atoms with E-state index in [0.717, 1.165) is 11.4 Å². The first kappa shape index (κ1) is 11.8. The van der Waals surface area contributed by atoms with Crippen LogP contribution >= 0.6 is 11.6 Å². The Morgan fingerprint density at radius 3 is 2.33 bits per heavy atom. The fraction of sp³-hybridized carbons (Fsp3) is 0.294. The normalized spacial score (nSPS) is 26.1. The van der Waals surface area contributed by atoms with Crippen LogP contribution in [0.15, 0.2) is 48.5 Å². The number of hydrogen-bond donors (Lipinski definition) is 0. The SMILES string of the molecule is CC1CC(C)(c2ccccc2Cl)c2ccccc21. The molecule has 92 valence electrons. The fourth-order valence-corrected chi connectivity index (χ4v) is 3.77. The number of rotatable bonds is 1. The molecule has 0 aliphatic heterocycles. The molecule has 2 unspecified atom stereocenters. The second-order valence-corrected chi connectivity index (χ2v) is 5.91. The fourth-order valence-electron chi connectivity index (χ4n) is 3.43. The number of halogens is 1. The van der Waals surface area contributed by atoms with Crippen LogP contribution in [0.5, 0.6) is 0 Å². The van der Waals surface area contributed by atoms with Crippen molar-refractivity contribution < 1.29 is 0 Å². The molecule has 0 amide bonds. The highest BCUT2D eigenvalue weighted by Crippen LogP contribution is 2.50. The van der Waals surface area contributed by atoms with Gasteiger partial charge in [0.15, 0.2) is 0 Å². The molecule has 2 aromatic carbocycles. The third-order valence-corrected chi connectivity index (χ3v) is 4.60. The van der Waals surface area contributed by atoms with Gasteiger partial charge in [0.2, 0.25) is 0 Å². The van der Waals surface area contributed by atoms with Crippen molar-refractivity contribution in [3.8, 4) is 0 Å². The van der Waals surface area contributed by atoms with Gasteiger partial charge < -0.3 is 0 Å². The summed E-state index contributed by atoms with van der Waals surface area (Å²) in [6.45, 7) is 4.62. The highest BCUT2D eigenvalue weighted by atomic mass is 35.5. The maximum atomic E-state index is 6.41. The largest absolute Gasteiger partial charge is 0.0840 e. The van der Waals surface area contributed by atoms with Crippen molar-refractivity contribution in [2.24, 2.45) is 0 Å². The number of hydrogen-bond acceptors (Lipinski definition) is 0. The summed E-state index contributed by atoms with van der Waals surface area (Å²) in [5.41, 5.74) is 4.21. The second-order valence-electron chi connectivity index (χ2n) is 5.50. The van der Waals surface area contributed by atoms with Crippen molar-refractivity contribution in [3.63, 3.8) is 0 Å². The Kier molecular flexibility index (Phi) is 2.71. The molecule has 0 bridgehead atoms. The van der Waals surface area contributed by atoms with E-state index in [-0.39, 0.29) is 5.41 Å². The van der Waals surface area contributed by atoms with Gasteiger partial charge in [0.25, 0.3) is 0 Å². The summed E-state index contributed by atoms with van der Waals surface area (Å²) < 4.78 is 0. The summed E-state index contributed by atoms with van der Waals surface area (Å²) in [7, 11) is 0. The first-order valence-corrected chi connectivity index (χ1v) is 6.85. The zero-order chi connectivity index (χ0) is 12.8. The van der Waals surface area contributed by atoms with Crippen molar-refractivity contribution in [1.82, 2.24) is 0 Å². The lowest BCUT2D eigenvalue weighted by Crippen LogP contribution is -2.20. The average Bonchev–Trinajstić information content (AvgIpc) is 2.64. The molecule has 2 aromatic rings. The summed E-state index contributed by atoms with van der Waals surface area (Å²) in [6.07, 6.45) is 1.14. The van der Waals surface area contributed by atoms with Crippen LogP contribution in [0.25, 0.3) is 0 Å². The number of benzene rings is 2. The molecule has 0 heterocycles. The molecule has 3 rings (SSSR count). The van der Waals surface area contributed by atoms with Crippen molar-refractivity contribution in [1.29, 1.82) is 0 Å². The standard InChI is InChI=1S/C17H17Cl/c1-12-11-17(2,14-8-4-3-7-13(12)14)15-9-5-6-10-16(15)18/h3-10,12H,11H2,1-2H3. The van der Waals surface area contributed by atoms with E-state index < -0.39 is 0 Å². The minimum Gasteiger partial charge on any atom is -0.0840 e. The molecule has 0 saturated heterocycles. The molecule has 0 fully saturated rings. The molecule has 0 radical (unpaired) electrons. The van der Waals surface area contributed by atoms with Crippen molar-refractivity contribution in [3.05, 3.63) is 70.2 Å². The summed E-state index contributed by atoms with van der Waals surface area (Å²) in [6, 6.07) is 17.0. The second kappa shape index (κ2) is 4.13. The maximum Gasteiger partial charge on any atom is 0.0446 e. The lowest BCUT2D eigenvalue weighted by molar-refractivity contribution is 0.527. The van der Waals surface area contributed by atoms with Gasteiger partial charge in [0, 0.05) is 10.4 Å². The predicted molar refractivity (Wildman–Crippen MR) is 77.4 cm³/mol. The van der Waals surface area contributed by atoms with Gasteiger partial charge in [-0.05, 0) is 35.1 Å². The Balaban J connectivity index is 2.21. The van der Waals surface area contributed by atoms with E-state index >= 15 is 0 Å². The summed E-state index contributed by atoms with van der Waals surface area (Å²) in [5.74, 6) is 0.600. The van der Waals surface area contributed by atoms with E-state index in [1.54, 1.807) is 0 Å². The molecule has 0 saturated carbocycles. The van der Waals surface area contributed by atoms with Gasteiger partial charge in [-0.1, -0.05) is 67.9 Å². The van der Waals surface area contributed by atoms with E-state index in [2.05, 4.69) is 50.2 Å². The predicted octanol–water partition coefficient (Wildman–Crippen LogP) is 5.15. The molecule has 18 heavy (non-hydrogen) atoms. The molecule has 2 atom stereocenters. The van der Waals surface area contributed by atoms with Gasteiger partial charge in [-0.2, -0.15) is 0 Å². The smallest absolute Gasteiger partial charge is 0.0446 e. The summed E-state index contributed by atoms with van der Waals surface area (Å²) in [5, 5.41) is 0.879. The van der Waals surface area contributed by atoms with Gasteiger partial charge in [-0.3, -0.25) is 0 Å². The zero-order valence-corrected chi connectivity index (χ0v) is 11.5. The zero-order valence-electron chi connectivity index (χ0n) is 10.8. The minimum absolute atomic E-state index is 0.0500. The van der Waals surface area contributed by atoms with Crippen LogP contribution in [0, 0.1) is 0 Å². The van der Waals surface area contributed by atoms with Crippen molar-refractivity contribution in [2.45, 2.75) is 31.6 Å². The maximum absolute atomic E-state index is 6.41. The van der Waals surface area contributed by atoms with Crippen LogP contribution in [0.2, 0.25) is 5.02 Å². The van der Waals surface area contributed by atoms with Crippen molar-refractivity contribution >= 4 is 11.6 Å². The van der Waals surface area contributed by atoms with Crippen LogP contribution in [0.3, 0.4) is 0 Å². The van der Waals surface area contributed by atoms with E-state index in [1.165, 1.54) is 16.7 Å². The van der Waals surface area contributed by atoms with Gasteiger partial charge in [-0.15, -0.1) is 0 Å². The molecular formula is C17H17Cl. The minimum atomic E-state index is 0.0500. The quantitative estimate of drug-likeness (QED) is 0.662. The molecular weight excluding hydrogens is 240 g/mol. The third-order valence-electron chi connectivity index (χ3n) is 4.27. The van der Waals surface area contributed by atoms with E-state index in [4.69, 9.17) is 11.6 Å². The van der Waals surface area contributed by atoms with Gasteiger partial charge in [0.1, 0.15) is 0 Å². The van der Waals surface area contributed by atoms with E-state index in [0.29, 0.717) is 5.92 Å². The Labute approximate surface area is 114 Å². The van der Waals surface area contributed by atoms with Crippen LogP contribution in [0.4, 0.5) is 0 Å². The molecule has 1 aliphatic rings. The van der Waals surface area contributed by atoms with Crippen molar-refractivity contribution in [2.75, 3.05) is 0 Å². The van der Waals surface area contributed by atoms with Gasteiger partial charge in [-0.25, -0.2) is 0 Å². The lowest BCUT2D eigenvalue weighted by atomic mass is 9.77. The molecule has 0 spiro atoms. The van der Waals surface area contributed by atoms with E-state index in [9.17, 15) is 0 Å². The lowest BCUT2D eigenvalue weighted by Gasteiger charge is -2.27. The molecule has 0 N–H and O–H groups in total. The highest BCUT2D eigenvalue weighted by Gasteiger charge is 2.40. The van der Waals surface area contributed by atoms with Gasteiger partial charge >= 0.3 is 0 Å². The number of fused-ring (bicyclic) bond motifs is 1. The Bertz CT molecular complexity index is 588. The first-order valence-electron chi connectivity index (χ1n) is 6.47. The highest BCUT2D eigenvalue weighted by molar-refractivity contribution is 6.31. The Hall–Kier alpha value is -1.27. The van der Waals surface area contributed by atoms with Crippen LogP contribution in [-0.2, 0) is 5.41 Å². The Morgan fingerprint density at radius 1 is 1.00 bits per heavy atom. The summed E-state index contributed by atoms with van der Waals surface area (Å²) in [4.78, 5) is 0. The molecule has 1 aliphatic carbocycles. The van der Waals surface area contributed by atoms with Crippen LogP contribution in [-0.4, -0.2) is 0 Å². The first-order chi connectivity index (χ1) is 8.63. The van der Waals surface area contributed by atoms with Crippen LogP contribution < -0.4 is 0 Å².